The molecule has 0 bridgehead atoms. The van der Waals surface area contributed by atoms with Crippen molar-refractivity contribution < 1.29 is 14.2 Å². The molecule has 0 aliphatic heterocycles. The molecular weight excluding hydrogens is 408 g/mol. The van der Waals surface area contributed by atoms with Crippen LogP contribution >= 0.6 is 11.3 Å². The third-order valence-corrected chi connectivity index (χ3v) is 6.37. The molecule has 0 amide bonds. The Kier molecular flexibility index (Phi) is 6.39. The molecule has 0 fully saturated rings. The summed E-state index contributed by atoms with van der Waals surface area (Å²) in [4.78, 5) is 6.33. The molecular formula is C25H26N2O3S. The largest absolute Gasteiger partial charge is 0.493 e. The predicted octanol–water partition coefficient (Wildman–Crippen LogP) is 5.84. The lowest BCUT2D eigenvalue weighted by atomic mass is 10.0. The number of methoxy groups -OCH3 is 3. The van der Waals surface area contributed by atoms with E-state index in [4.69, 9.17) is 19.2 Å². The van der Waals surface area contributed by atoms with Gasteiger partial charge in [-0.05, 0) is 30.0 Å². The van der Waals surface area contributed by atoms with Crippen molar-refractivity contribution in [3.63, 3.8) is 0 Å². The summed E-state index contributed by atoms with van der Waals surface area (Å²) in [5.74, 6) is 1.78. The van der Waals surface area contributed by atoms with Crippen LogP contribution in [0.5, 0.6) is 17.2 Å². The summed E-state index contributed by atoms with van der Waals surface area (Å²) in [5, 5.41) is 6.63. The van der Waals surface area contributed by atoms with Crippen LogP contribution in [0, 0.1) is 0 Å². The molecule has 2 aromatic carbocycles. The maximum atomic E-state index is 5.71. The number of ether oxygens (including phenoxy) is 3. The first-order valence-electron chi connectivity index (χ1n) is 10.1. The Morgan fingerprint density at radius 1 is 0.935 bits per heavy atom. The third kappa shape index (κ3) is 4.22. The van der Waals surface area contributed by atoms with Gasteiger partial charge >= 0.3 is 0 Å². The summed E-state index contributed by atoms with van der Waals surface area (Å²) in [6, 6.07) is 18.7. The molecule has 31 heavy (non-hydrogen) atoms. The number of pyridine rings is 1. The molecule has 0 unspecified atom stereocenters. The van der Waals surface area contributed by atoms with E-state index in [0.717, 1.165) is 27.7 Å². The van der Waals surface area contributed by atoms with Gasteiger partial charge in [0, 0.05) is 34.5 Å². The zero-order valence-corrected chi connectivity index (χ0v) is 19.0. The number of hydrogen-bond acceptors (Lipinski definition) is 6. The second-order valence-corrected chi connectivity index (χ2v) is 8.17. The maximum absolute atomic E-state index is 5.71. The molecule has 0 saturated heterocycles. The first-order valence-corrected chi connectivity index (χ1v) is 11.0. The molecule has 6 heteroatoms. The lowest BCUT2D eigenvalue weighted by molar-refractivity contribution is 0.327. The van der Waals surface area contributed by atoms with Crippen LogP contribution in [0.2, 0.25) is 0 Å². The van der Waals surface area contributed by atoms with Gasteiger partial charge in [0.2, 0.25) is 5.75 Å². The van der Waals surface area contributed by atoms with Gasteiger partial charge in [-0.3, -0.25) is 0 Å². The number of benzene rings is 2. The zero-order chi connectivity index (χ0) is 21.8. The van der Waals surface area contributed by atoms with Gasteiger partial charge in [0.15, 0.2) is 11.5 Å². The van der Waals surface area contributed by atoms with E-state index in [9.17, 15) is 0 Å². The minimum atomic E-state index is 0.242. The number of aromatic nitrogens is 1. The molecule has 2 heterocycles. The average molecular weight is 435 g/mol. The van der Waals surface area contributed by atoms with Gasteiger partial charge in [-0.25, -0.2) is 4.98 Å². The van der Waals surface area contributed by atoms with E-state index in [1.54, 1.807) is 32.7 Å². The Balaban J connectivity index is 1.85. The van der Waals surface area contributed by atoms with Crippen molar-refractivity contribution >= 4 is 22.2 Å². The Bertz CT molecular complexity index is 1160. The minimum Gasteiger partial charge on any atom is -0.493 e. The molecule has 5 nitrogen and oxygen atoms in total. The van der Waals surface area contributed by atoms with Crippen LogP contribution in [0.25, 0.3) is 22.2 Å². The second-order valence-electron chi connectivity index (χ2n) is 7.19. The second kappa shape index (κ2) is 9.37. The highest BCUT2D eigenvalue weighted by Gasteiger charge is 2.20. The summed E-state index contributed by atoms with van der Waals surface area (Å²) in [7, 11) is 4.87. The molecule has 4 aromatic rings. The lowest BCUT2D eigenvalue weighted by Gasteiger charge is -2.18. The number of nitrogens with one attached hydrogen (secondary N) is 1. The van der Waals surface area contributed by atoms with Crippen LogP contribution in [0.4, 0.5) is 0 Å². The summed E-state index contributed by atoms with van der Waals surface area (Å²) < 4.78 is 16.8. The third-order valence-electron chi connectivity index (χ3n) is 5.32. The molecule has 4 rings (SSSR count). The van der Waals surface area contributed by atoms with Crippen molar-refractivity contribution in [1.82, 2.24) is 10.3 Å². The van der Waals surface area contributed by atoms with Gasteiger partial charge in [0.1, 0.15) is 0 Å². The number of rotatable bonds is 8. The molecule has 1 atom stereocenters. The molecule has 160 valence electrons. The van der Waals surface area contributed by atoms with Crippen LogP contribution in [0.15, 0.2) is 60.0 Å². The van der Waals surface area contributed by atoms with E-state index < -0.39 is 0 Å². The first-order chi connectivity index (χ1) is 15.2. The van der Waals surface area contributed by atoms with Crippen LogP contribution in [0.1, 0.15) is 23.4 Å². The summed E-state index contributed by atoms with van der Waals surface area (Å²) in [6.07, 6.45) is 0. The van der Waals surface area contributed by atoms with Crippen molar-refractivity contribution in [3.8, 4) is 28.5 Å². The van der Waals surface area contributed by atoms with Crippen molar-refractivity contribution in [3.05, 3.63) is 70.4 Å². The lowest BCUT2D eigenvalue weighted by Crippen LogP contribution is -2.18. The van der Waals surface area contributed by atoms with Gasteiger partial charge < -0.3 is 19.5 Å². The summed E-state index contributed by atoms with van der Waals surface area (Å²) in [5.41, 5.74) is 3.89. The topological polar surface area (TPSA) is 52.6 Å². The van der Waals surface area contributed by atoms with Crippen molar-refractivity contribution in [1.29, 1.82) is 0 Å². The van der Waals surface area contributed by atoms with E-state index in [1.807, 2.05) is 24.3 Å². The quantitative estimate of drug-likeness (QED) is 0.378. The highest BCUT2D eigenvalue weighted by atomic mass is 32.1. The predicted molar refractivity (Wildman–Crippen MR) is 126 cm³/mol. The van der Waals surface area contributed by atoms with Crippen molar-refractivity contribution in [2.75, 3.05) is 21.3 Å². The molecule has 0 spiro atoms. The van der Waals surface area contributed by atoms with Crippen LogP contribution in [-0.4, -0.2) is 26.3 Å². The van der Waals surface area contributed by atoms with E-state index in [2.05, 4.69) is 48.0 Å². The highest BCUT2D eigenvalue weighted by molar-refractivity contribution is 7.10. The minimum absolute atomic E-state index is 0.242. The van der Waals surface area contributed by atoms with E-state index in [0.29, 0.717) is 23.8 Å². The van der Waals surface area contributed by atoms with Gasteiger partial charge in [-0.1, -0.05) is 36.4 Å². The summed E-state index contributed by atoms with van der Waals surface area (Å²) >= 11 is 1.76. The normalized spacial score (nSPS) is 12.0. The van der Waals surface area contributed by atoms with Gasteiger partial charge in [0.05, 0.1) is 32.5 Å². The number of nitrogens with zero attached hydrogens (tertiary/aromatic N) is 1. The van der Waals surface area contributed by atoms with Crippen LogP contribution in [-0.2, 0) is 6.54 Å². The first kappa shape index (κ1) is 21.2. The van der Waals surface area contributed by atoms with Crippen LogP contribution < -0.4 is 19.5 Å². The summed E-state index contributed by atoms with van der Waals surface area (Å²) in [6.45, 7) is 2.85. The number of thiophene rings is 1. The van der Waals surface area contributed by atoms with Crippen LogP contribution in [0.3, 0.4) is 0 Å². The smallest absolute Gasteiger partial charge is 0.204 e. The van der Waals surface area contributed by atoms with E-state index in [-0.39, 0.29) is 6.04 Å². The van der Waals surface area contributed by atoms with Crippen molar-refractivity contribution in [2.24, 2.45) is 0 Å². The zero-order valence-electron chi connectivity index (χ0n) is 18.1. The Labute approximate surface area is 186 Å². The highest BCUT2D eigenvalue weighted by Crippen LogP contribution is 2.44. The molecule has 2 aromatic heterocycles. The molecule has 0 saturated carbocycles. The number of fused-ring (bicyclic) bond motifs is 1. The Morgan fingerprint density at radius 3 is 2.35 bits per heavy atom. The van der Waals surface area contributed by atoms with Gasteiger partial charge in [-0.15, -0.1) is 11.3 Å². The van der Waals surface area contributed by atoms with Crippen molar-refractivity contribution in [2.45, 2.75) is 19.5 Å². The monoisotopic (exact) mass is 434 g/mol. The molecule has 0 radical (unpaired) electrons. The maximum Gasteiger partial charge on any atom is 0.204 e. The fourth-order valence-electron chi connectivity index (χ4n) is 3.71. The standard InChI is InChI=1S/C25H26N2O3S/c1-16(22-11-8-12-31-22)26-15-18-13-19-20(27-23(18)17-9-6-5-7-10-17)14-21(28-2)25(30-4)24(19)29-3/h5-14,16,26H,15H2,1-4H3/t16-/m1/s1. The molecule has 1 N–H and O–H groups in total. The fourth-order valence-corrected chi connectivity index (χ4v) is 4.47. The molecule has 0 aliphatic carbocycles. The van der Waals surface area contributed by atoms with Gasteiger partial charge in [-0.2, -0.15) is 0 Å². The average Bonchev–Trinajstić information content (AvgIpc) is 3.36. The Hall–Kier alpha value is -3.09. The number of hydrogen-bond donors (Lipinski definition) is 1. The Morgan fingerprint density at radius 2 is 1.71 bits per heavy atom. The van der Waals surface area contributed by atoms with E-state index >= 15 is 0 Å². The van der Waals surface area contributed by atoms with Gasteiger partial charge in [0.25, 0.3) is 0 Å². The fraction of sp³-hybridized carbons (Fsp3) is 0.240. The molecule has 0 aliphatic rings. The van der Waals surface area contributed by atoms with E-state index in [1.165, 1.54) is 4.88 Å². The SMILES string of the molecule is COc1cc2nc(-c3ccccc3)c(CN[C@H](C)c3cccs3)cc2c(OC)c1OC.